The predicted octanol–water partition coefficient (Wildman–Crippen LogP) is 7.74. The summed E-state index contributed by atoms with van der Waals surface area (Å²) in [6, 6.07) is 20.6. The fourth-order valence-corrected chi connectivity index (χ4v) is 3.63. The molecule has 0 N–H and O–H groups in total. The molecular formula is C28H20F4O. The lowest BCUT2D eigenvalue weighted by molar-refractivity contribution is -0.0521. The summed E-state index contributed by atoms with van der Waals surface area (Å²) in [6.07, 6.45) is 2.13. The minimum Gasteiger partial charge on any atom is -0.432 e. The predicted molar refractivity (Wildman–Crippen MR) is 122 cm³/mol. The third kappa shape index (κ3) is 5.18. The first-order chi connectivity index (χ1) is 15.9. The summed E-state index contributed by atoms with van der Waals surface area (Å²) in [5, 5.41) is 1.17. The molecular weight excluding hydrogens is 428 g/mol. The Morgan fingerprint density at radius 2 is 1.58 bits per heavy atom. The van der Waals surface area contributed by atoms with Crippen molar-refractivity contribution in [2.45, 2.75) is 26.4 Å². The highest BCUT2D eigenvalue weighted by Crippen LogP contribution is 2.28. The smallest absolute Gasteiger partial charge is 0.387 e. The molecule has 0 spiro atoms. The molecule has 1 nitrogen and oxygen atoms in total. The first-order valence-electron chi connectivity index (χ1n) is 10.5. The molecule has 0 aromatic heterocycles. The van der Waals surface area contributed by atoms with Crippen molar-refractivity contribution in [2.75, 3.05) is 0 Å². The summed E-state index contributed by atoms with van der Waals surface area (Å²) >= 11 is 0. The highest BCUT2D eigenvalue weighted by Gasteiger charge is 2.10. The second-order valence-electron chi connectivity index (χ2n) is 7.58. The molecule has 4 aromatic carbocycles. The van der Waals surface area contributed by atoms with Crippen LogP contribution in [0, 0.1) is 23.5 Å². The molecule has 0 unspecified atom stereocenters. The van der Waals surface area contributed by atoms with Crippen LogP contribution >= 0.6 is 0 Å². The minimum atomic E-state index is -3.12. The molecule has 0 aliphatic rings. The van der Waals surface area contributed by atoms with Crippen LogP contribution in [0.3, 0.4) is 0 Å². The van der Waals surface area contributed by atoms with E-state index in [1.807, 2.05) is 12.1 Å². The molecule has 0 heterocycles. The van der Waals surface area contributed by atoms with Crippen LogP contribution in [0.25, 0.3) is 21.9 Å². The maximum Gasteiger partial charge on any atom is 0.387 e. The fourth-order valence-electron chi connectivity index (χ4n) is 3.63. The molecule has 0 aliphatic carbocycles. The molecule has 0 bridgehead atoms. The topological polar surface area (TPSA) is 9.23 Å². The van der Waals surface area contributed by atoms with E-state index >= 15 is 4.39 Å². The Balaban J connectivity index is 1.60. The van der Waals surface area contributed by atoms with Crippen LogP contribution in [-0.2, 0) is 6.42 Å². The number of fused-ring (bicyclic) bond motifs is 1. The number of benzene rings is 4. The van der Waals surface area contributed by atoms with Gasteiger partial charge in [-0.3, -0.25) is 0 Å². The minimum absolute atomic E-state index is 0.160. The standard InChI is InChI=1S/C28H20F4O/c1-2-3-18-4-8-20(9-5-18)22-13-14-24-23(17-22)12-11-21(27(24)30)10-6-19-7-15-26(25(29)16-19)33-28(31)32/h4-5,7-9,11-17,28H,2-3H2,1H3. The van der Waals surface area contributed by atoms with Gasteiger partial charge in [-0.15, -0.1) is 0 Å². The Bertz CT molecular complexity index is 1350. The van der Waals surface area contributed by atoms with Gasteiger partial charge in [-0.2, -0.15) is 8.78 Å². The van der Waals surface area contributed by atoms with Gasteiger partial charge in [0.2, 0.25) is 0 Å². The second kappa shape index (κ2) is 9.79. The zero-order chi connectivity index (χ0) is 23.4. The van der Waals surface area contributed by atoms with E-state index in [0.717, 1.165) is 41.5 Å². The lowest BCUT2D eigenvalue weighted by Gasteiger charge is -2.07. The van der Waals surface area contributed by atoms with Gasteiger partial charge in [0, 0.05) is 10.9 Å². The third-order valence-electron chi connectivity index (χ3n) is 5.27. The van der Waals surface area contributed by atoms with Gasteiger partial charge < -0.3 is 4.74 Å². The lowest BCUT2D eigenvalue weighted by Crippen LogP contribution is -2.03. The molecule has 33 heavy (non-hydrogen) atoms. The third-order valence-corrected chi connectivity index (χ3v) is 5.27. The van der Waals surface area contributed by atoms with E-state index in [0.29, 0.717) is 5.39 Å². The monoisotopic (exact) mass is 448 g/mol. The Hall–Kier alpha value is -3.78. The number of ether oxygens (including phenoxy) is 1. The van der Waals surface area contributed by atoms with Gasteiger partial charge in [-0.1, -0.05) is 67.6 Å². The van der Waals surface area contributed by atoms with Crippen molar-refractivity contribution >= 4 is 10.8 Å². The summed E-state index contributed by atoms with van der Waals surface area (Å²) in [5.74, 6) is 3.36. The number of alkyl halides is 2. The molecule has 4 rings (SSSR count). The van der Waals surface area contributed by atoms with Gasteiger partial charge in [-0.25, -0.2) is 8.78 Å². The Morgan fingerprint density at radius 3 is 2.27 bits per heavy atom. The van der Waals surface area contributed by atoms with Gasteiger partial charge >= 0.3 is 6.61 Å². The van der Waals surface area contributed by atoms with Gasteiger partial charge in [0.25, 0.3) is 0 Å². The van der Waals surface area contributed by atoms with E-state index in [1.54, 1.807) is 18.2 Å². The van der Waals surface area contributed by atoms with E-state index in [4.69, 9.17) is 0 Å². The van der Waals surface area contributed by atoms with Crippen LogP contribution in [0.15, 0.2) is 72.8 Å². The van der Waals surface area contributed by atoms with Crippen molar-refractivity contribution in [1.82, 2.24) is 0 Å². The van der Waals surface area contributed by atoms with E-state index in [-0.39, 0.29) is 11.1 Å². The number of hydrogen-bond acceptors (Lipinski definition) is 1. The fraction of sp³-hybridized carbons (Fsp3) is 0.143. The van der Waals surface area contributed by atoms with E-state index in [2.05, 4.69) is 47.8 Å². The molecule has 4 aromatic rings. The molecule has 0 atom stereocenters. The molecule has 0 amide bonds. The number of rotatable bonds is 5. The zero-order valence-electron chi connectivity index (χ0n) is 17.8. The molecule has 0 fully saturated rings. The van der Waals surface area contributed by atoms with Crippen molar-refractivity contribution in [2.24, 2.45) is 0 Å². The summed E-state index contributed by atoms with van der Waals surface area (Å²) in [5.41, 5.74) is 3.71. The highest BCUT2D eigenvalue weighted by atomic mass is 19.3. The first kappa shape index (κ1) is 22.4. The second-order valence-corrected chi connectivity index (χ2v) is 7.58. The van der Waals surface area contributed by atoms with Crippen LogP contribution in [0.5, 0.6) is 5.75 Å². The van der Waals surface area contributed by atoms with E-state index in [1.165, 1.54) is 11.6 Å². The summed E-state index contributed by atoms with van der Waals surface area (Å²) in [4.78, 5) is 0. The maximum absolute atomic E-state index is 15.1. The largest absolute Gasteiger partial charge is 0.432 e. The van der Waals surface area contributed by atoms with Gasteiger partial charge in [0.1, 0.15) is 5.82 Å². The first-order valence-corrected chi connectivity index (χ1v) is 10.5. The van der Waals surface area contributed by atoms with Crippen molar-refractivity contribution in [3.8, 4) is 28.7 Å². The van der Waals surface area contributed by atoms with Crippen molar-refractivity contribution in [3.05, 3.63) is 101 Å². The van der Waals surface area contributed by atoms with E-state index < -0.39 is 24.0 Å². The lowest BCUT2D eigenvalue weighted by atomic mass is 9.98. The van der Waals surface area contributed by atoms with Gasteiger partial charge in [-0.05, 0) is 58.8 Å². The van der Waals surface area contributed by atoms with Crippen molar-refractivity contribution in [1.29, 1.82) is 0 Å². The van der Waals surface area contributed by atoms with Crippen LogP contribution in [0.2, 0.25) is 0 Å². The van der Waals surface area contributed by atoms with Gasteiger partial charge in [0.05, 0.1) is 5.56 Å². The van der Waals surface area contributed by atoms with Crippen molar-refractivity contribution < 1.29 is 22.3 Å². The van der Waals surface area contributed by atoms with E-state index in [9.17, 15) is 13.2 Å². The Kier molecular flexibility index (Phi) is 6.65. The molecule has 0 saturated carbocycles. The zero-order valence-corrected chi connectivity index (χ0v) is 17.8. The average molecular weight is 448 g/mol. The van der Waals surface area contributed by atoms with Crippen LogP contribution < -0.4 is 4.74 Å². The molecule has 0 saturated heterocycles. The summed E-state index contributed by atoms with van der Waals surface area (Å²) < 4.78 is 57.5. The van der Waals surface area contributed by atoms with Gasteiger partial charge in [0.15, 0.2) is 11.6 Å². The SMILES string of the molecule is CCCc1ccc(-c2ccc3c(F)c(C#Cc4ccc(OC(F)F)c(F)c4)ccc3c2)cc1. The van der Waals surface area contributed by atoms with Crippen LogP contribution in [-0.4, -0.2) is 6.61 Å². The van der Waals surface area contributed by atoms with Crippen molar-refractivity contribution in [3.63, 3.8) is 0 Å². The maximum atomic E-state index is 15.1. The molecule has 5 heteroatoms. The van der Waals surface area contributed by atoms with Crippen LogP contribution in [0.4, 0.5) is 17.6 Å². The average Bonchev–Trinajstić information content (AvgIpc) is 2.80. The Morgan fingerprint density at radius 1 is 0.818 bits per heavy atom. The van der Waals surface area contributed by atoms with Crippen LogP contribution in [0.1, 0.15) is 30.0 Å². The molecule has 166 valence electrons. The molecule has 0 radical (unpaired) electrons. The summed E-state index contributed by atoms with van der Waals surface area (Å²) in [7, 11) is 0. The quantitative estimate of drug-likeness (QED) is 0.224. The summed E-state index contributed by atoms with van der Waals surface area (Å²) in [6.45, 7) is -0.978. The number of hydrogen-bond donors (Lipinski definition) is 0. The Labute approximate surface area is 189 Å². The number of halogens is 4. The normalized spacial score (nSPS) is 10.8. The highest BCUT2D eigenvalue weighted by molar-refractivity contribution is 5.89. The number of aryl methyl sites for hydroxylation is 1. The molecule has 0 aliphatic heterocycles.